The van der Waals surface area contributed by atoms with Gasteiger partial charge in [-0.2, -0.15) is 0 Å². The van der Waals surface area contributed by atoms with Crippen LogP contribution in [0.4, 0.5) is 5.82 Å². The van der Waals surface area contributed by atoms with Crippen molar-refractivity contribution < 1.29 is 9.53 Å². The summed E-state index contributed by atoms with van der Waals surface area (Å²) in [5.41, 5.74) is 3.81. The highest BCUT2D eigenvalue weighted by Gasteiger charge is 2.24. The van der Waals surface area contributed by atoms with Crippen LogP contribution < -0.4 is 10.2 Å². The standard InChI is InChI=1S/C21H25N3O2/c25-20(14-17-8-7-16-4-1-2-6-19(16)17)23-15-18-5-3-9-22-21(18)24-10-12-26-13-11-24/h1-6,9,17H,7-8,10-15H2,(H,23,25). The smallest absolute Gasteiger partial charge is 0.220 e. The summed E-state index contributed by atoms with van der Waals surface area (Å²) in [6.07, 6.45) is 4.52. The number of aryl methyl sites for hydroxylation is 1. The molecule has 0 radical (unpaired) electrons. The Bertz CT molecular complexity index is 771. The number of carbonyl (C=O) groups excluding carboxylic acids is 1. The van der Waals surface area contributed by atoms with Crippen LogP contribution in [0.25, 0.3) is 0 Å². The van der Waals surface area contributed by atoms with E-state index in [1.54, 1.807) is 0 Å². The minimum Gasteiger partial charge on any atom is -0.378 e. The first-order valence-corrected chi connectivity index (χ1v) is 9.42. The predicted octanol–water partition coefficient (Wildman–Crippen LogP) is 2.65. The van der Waals surface area contributed by atoms with Gasteiger partial charge in [-0.15, -0.1) is 0 Å². The molecule has 26 heavy (non-hydrogen) atoms. The normalized spacial score (nSPS) is 19.2. The Morgan fingerprint density at radius 3 is 2.92 bits per heavy atom. The molecule has 136 valence electrons. The second kappa shape index (κ2) is 7.87. The van der Waals surface area contributed by atoms with Crippen LogP contribution in [0.1, 0.15) is 35.4 Å². The quantitative estimate of drug-likeness (QED) is 0.900. The zero-order chi connectivity index (χ0) is 17.8. The zero-order valence-electron chi connectivity index (χ0n) is 15.0. The minimum atomic E-state index is 0.114. The lowest BCUT2D eigenvalue weighted by Crippen LogP contribution is -2.37. The van der Waals surface area contributed by atoms with Crippen LogP contribution in [0.3, 0.4) is 0 Å². The molecule has 1 unspecified atom stereocenters. The number of pyridine rings is 1. The number of fused-ring (bicyclic) bond motifs is 1. The predicted molar refractivity (Wildman–Crippen MR) is 101 cm³/mol. The Morgan fingerprint density at radius 2 is 2.04 bits per heavy atom. The molecule has 5 heteroatoms. The number of carbonyl (C=O) groups is 1. The highest BCUT2D eigenvalue weighted by Crippen LogP contribution is 2.35. The number of amides is 1. The third-order valence-electron chi connectivity index (χ3n) is 5.34. The van der Waals surface area contributed by atoms with Gasteiger partial charge in [0, 0.05) is 37.8 Å². The van der Waals surface area contributed by atoms with Gasteiger partial charge in [0.15, 0.2) is 0 Å². The number of anilines is 1. The van der Waals surface area contributed by atoms with Gasteiger partial charge in [0.2, 0.25) is 5.91 Å². The molecule has 1 aromatic carbocycles. The first-order valence-electron chi connectivity index (χ1n) is 9.42. The van der Waals surface area contributed by atoms with Gasteiger partial charge in [0.05, 0.1) is 13.2 Å². The van der Waals surface area contributed by atoms with Crippen molar-refractivity contribution in [3.8, 4) is 0 Å². The summed E-state index contributed by atoms with van der Waals surface area (Å²) < 4.78 is 5.42. The molecule has 4 rings (SSSR count). The lowest BCUT2D eigenvalue weighted by molar-refractivity contribution is -0.121. The molecule has 0 saturated carbocycles. The van der Waals surface area contributed by atoms with Gasteiger partial charge in [-0.25, -0.2) is 4.98 Å². The number of aromatic nitrogens is 1. The Labute approximate surface area is 154 Å². The first-order chi connectivity index (χ1) is 12.8. The fraction of sp³-hybridized carbons (Fsp3) is 0.429. The minimum absolute atomic E-state index is 0.114. The van der Waals surface area contributed by atoms with Gasteiger partial charge in [-0.05, 0) is 36.0 Å². The fourth-order valence-electron chi connectivity index (χ4n) is 3.98. The summed E-state index contributed by atoms with van der Waals surface area (Å²) >= 11 is 0. The monoisotopic (exact) mass is 351 g/mol. The molecule has 0 spiro atoms. The van der Waals surface area contributed by atoms with Crippen molar-refractivity contribution in [2.45, 2.75) is 31.7 Å². The number of hydrogen-bond acceptors (Lipinski definition) is 4. The Kier molecular flexibility index (Phi) is 5.16. The number of morpholine rings is 1. The molecule has 1 saturated heterocycles. The van der Waals surface area contributed by atoms with E-state index in [4.69, 9.17) is 4.74 Å². The van der Waals surface area contributed by atoms with Crippen LogP contribution in [0.2, 0.25) is 0 Å². The van der Waals surface area contributed by atoms with Crippen molar-refractivity contribution in [2.24, 2.45) is 0 Å². The Hall–Kier alpha value is -2.40. The van der Waals surface area contributed by atoms with E-state index >= 15 is 0 Å². The van der Waals surface area contributed by atoms with E-state index < -0.39 is 0 Å². The molecule has 1 aliphatic heterocycles. The van der Waals surface area contributed by atoms with Crippen LogP contribution in [0.15, 0.2) is 42.6 Å². The maximum Gasteiger partial charge on any atom is 0.220 e. The van der Waals surface area contributed by atoms with Crippen LogP contribution in [-0.2, 0) is 22.5 Å². The highest BCUT2D eigenvalue weighted by molar-refractivity contribution is 5.77. The van der Waals surface area contributed by atoms with Gasteiger partial charge in [-0.1, -0.05) is 30.3 Å². The molecule has 2 aromatic rings. The summed E-state index contributed by atoms with van der Waals surface area (Å²) in [5.74, 6) is 1.42. The van der Waals surface area contributed by atoms with E-state index in [-0.39, 0.29) is 5.91 Å². The van der Waals surface area contributed by atoms with Crippen molar-refractivity contribution in [1.82, 2.24) is 10.3 Å². The van der Waals surface area contributed by atoms with E-state index in [0.717, 1.165) is 50.5 Å². The summed E-state index contributed by atoms with van der Waals surface area (Å²) in [6, 6.07) is 12.5. The topological polar surface area (TPSA) is 54.5 Å². The molecule has 1 N–H and O–H groups in total. The summed E-state index contributed by atoms with van der Waals surface area (Å²) in [4.78, 5) is 19.3. The number of ether oxygens (including phenoxy) is 1. The summed E-state index contributed by atoms with van der Waals surface area (Å²) in [6.45, 7) is 3.66. The van der Waals surface area contributed by atoms with Gasteiger partial charge < -0.3 is 15.0 Å². The largest absolute Gasteiger partial charge is 0.378 e. The second-order valence-corrected chi connectivity index (χ2v) is 7.00. The maximum absolute atomic E-state index is 12.5. The Balaban J connectivity index is 1.37. The number of nitrogens with one attached hydrogen (secondary N) is 1. The third-order valence-corrected chi connectivity index (χ3v) is 5.34. The molecular weight excluding hydrogens is 326 g/mol. The van der Waals surface area contributed by atoms with Gasteiger partial charge in [0.1, 0.15) is 5.82 Å². The average Bonchev–Trinajstić information content (AvgIpc) is 3.10. The van der Waals surface area contributed by atoms with Gasteiger partial charge >= 0.3 is 0 Å². The van der Waals surface area contributed by atoms with Crippen molar-refractivity contribution in [1.29, 1.82) is 0 Å². The molecule has 1 aliphatic carbocycles. The molecular formula is C21H25N3O2. The van der Waals surface area contributed by atoms with Crippen LogP contribution in [0.5, 0.6) is 0 Å². The van der Waals surface area contributed by atoms with E-state index in [0.29, 0.717) is 18.9 Å². The number of benzene rings is 1. The van der Waals surface area contributed by atoms with E-state index in [2.05, 4.69) is 39.5 Å². The van der Waals surface area contributed by atoms with Crippen LogP contribution >= 0.6 is 0 Å². The summed E-state index contributed by atoms with van der Waals surface area (Å²) in [5, 5.41) is 3.10. The maximum atomic E-state index is 12.5. The fourth-order valence-corrected chi connectivity index (χ4v) is 3.98. The molecule has 1 atom stereocenters. The molecule has 2 heterocycles. The van der Waals surface area contributed by atoms with Crippen LogP contribution in [-0.4, -0.2) is 37.2 Å². The molecule has 1 fully saturated rings. The lowest BCUT2D eigenvalue weighted by Gasteiger charge is -2.29. The van der Waals surface area contributed by atoms with E-state index in [1.807, 2.05) is 18.3 Å². The van der Waals surface area contributed by atoms with Gasteiger partial charge in [-0.3, -0.25) is 4.79 Å². The van der Waals surface area contributed by atoms with Crippen molar-refractivity contribution >= 4 is 11.7 Å². The number of rotatable bonds is 5. The zero-order valence-corrected chi connectivity index (χ0v) is 15.0. The van der Waals surface area contributed by atoms with Gasteiger partial charge in [0.25, 0.3) is 0 Å². The van der Waals surface area contributed by atoms with Crippen molar-refractivity contribution in [2.75, 3.05) is 31.2 Å². The highest BCUT2D eigenvalue weighted by atomic mass is 16.5. The Morgan fingerprint density at radius 1 is 1.19 bits per heavy atom. The third kappa shape index (κ3) is 3.73. The average molecular weight is 351 g/mol. The molecule has 5 nitrogen and oxygen atoms in total. The summed E-state index contributed by atoms with van der Waals surface area (Å²) in [7, 11) is 0. The SMILES string of the molecule is O=C(CC1CCc2ccccc21)NCc1cccnc1N1CCOCC1. The number of hydrogen-bond donors (Lipinski definition) is 1. The molecule has 1 amide bonds. The molecule has 0 bridgehead atoms. The van der Waals surface area contributed by atoms with E-state index in [9.17, 15) is 4.79 Å². The molecule has 2 aliphatic rings. The lowest BCUT2D eigenvalue weighted by atomic mass is 9.97. The van der Waals surface area contributed by atoms with Crippen molar-refractivity contribution in [3.05, 3.63) is 59.3 Å². The molecule has 1 aromatic heterocycles. The first kappa shape index (κ1) is 17.0. The van der Waals surface area contributed by atoms with Crippen LogP contribution in [0, 0.1) is 0 Å². The van der Waals surface area contributed by atoms with Crippen molar-refractivity contribution in [3.63, 3.8) is 0 Å². The second-order valence-electron chi connectivity index (χ2n) is 7.00. The van der Waals surface area contributed by atoms with E-state index in [1.165, 1.54) is 11.1 Å². The number of nitrogens with zero attached hydrogens (tertiary/aromatic N) is 2.